The minimum atomic E-state index is -4.68. The Balaban J connectivity index is 1.97. The van der Waals surface area contributed by atoms with Crippen molar-refractivity contribution in [2.45, 2.75) is 32.7 Å². The van der Waals surface area contributed by atoms with Gasteiger partial charge in [-0.25, -0.2) is 0 Å². The summed E-state index contributed by atoms with van der Waals surface area (Å²) in [6.07, 6.45) is -2.64. The van der Waals surface area contributed by atoms with Gasteiger partial charge in [-0.1, -0.05) is 12.1 Å². The minimum absolute atomic E-state index is 0.220. The summed E-state index contributed by atoms with van der Waals surface area (Å²) in [5, 5.41) is 4.48. The van der Waals surface area contributed by atoms with Crippen LogP contribution in [-0.4, -0.2) is 16.1 Å². The van der Waals surface area contributed by atoms with E-state index in [0.717, 1.165) is 30.6 Å². The van der Waals surface area contributed by atoms with Crippen LogP contribution in [-0.2, 0) is 13.0 Å². The minimum Gasteiger partial charge on any atom is -0.406 e. The van der Waals surface area contributed by atoms with Gasteiger partial charge in [-0.15, -0.1) is 13.2 Å². The molecule has 0 fully saturated rings. The molecule has 0 aliphatic carbocycles. The summed E-state index contributed by atoms with van der Waals surface area (Å²) in [7, 11) is 0. The molecule has 0 unspecified atom stereocenters. The van der Waals surface area contributed by atoms with E-state index in [1.807, 2.05) is 11.6 Å². The summed E-state index contributed by atoms with van der Waals surface area (Å²) < 4.78 is 42.6. The monoisotopic (exact) mass is 282 g/mol. The molecule has 1 aliphatic rings. The van der Waals surface area contributed by atoms with E-state index in [9.17, 15) is 13.2 Å². The molecular formula is C14H13F3N2O. The fourth-order valence-corrected chi connectivity index (χ4v) is 2.60. The number of rotatable bonds is 2. The zero-order valence-corrected chi connectivity index (χ0v) is 10.9. The van der Waals surface area contributed by atoms with Crippen LogP contribution in [0.1, 0.15) is 17.7 Å². The number of benzene rings is 1. The average molecular weight is 282 g/mol. The lowest BCUT2D eigenvalue weighted by Gasteiger charge is -2.09. The highest BCUT2D eigenvalue weighted by Gasteiger charge is 2.31. The SMILES string of the molecule is Cc1c(-c2cccc(OC(F)(F)F)c2)nn2c1CCC2. The number of hydrogen-bond donors (Lipinski definition) is 0. The van der Waals surface area contributed by atoms with Gasteiger partial charge in [-0.3, -0.25) is 4.68 Å². The van der Waals surface area contributed by atoms with Crippen LogP contribution in [0.5, 0.6) is 5.75 Å². The molecule has 1 aliphatic heterocycles. The van der Waals surface area contributed by atoms with Crippen LogP contribution in [0.4, 0.5) is 13.2 Å². The lowest BCUT2D eigenvalue weighted by molar-refractivity contribution is -0.274. The fraction of sp³-hybridized carbons (Fsp3) is 0.357. The zero-order chi connectivity index (χ0) is 14.3. The quantitative estimate of drug-likeness (QED) is 0.839. The molecule has 0 bridgehead atoms. The van der Waals surface area contributed by atoms with E-state index >= 15 is 0 Å². The van der Waals surface area contributed by atoms with Gasteiger partial charge < -0.3 is 4.74 Å². The van der Waals surface area contributed by atoms with Gasteiger partial charge in [-0.05, 0) is 37.5 Å². The molecule has 0 saturated heterocycles. The molecule has 1 aromatic carbocycles. The van der Waals surface area contributed by atoms with Gasteiger partial charge in [0.2, 0.25) is 0 Å². The zero-order valence-electron chi connectivity index (χ0n) is 10.9. The third-order valence-electron chi connectivity index (χ3n) is 3.44. The Labute approximate surface area is 114 Å². The van der Waals surface area contributed by atoms with Gasteiger partial charge in [0.05, 0.1) is 5.69 Å². The van der Waals surface area contributed by atoms with Crippen LogP contribution < -0.4 is 4.74 Å². The van der Waals surface area contributed by atoms with Crippen LogP contribution in [0.3, 0.4) is 0 Å². The number of aryl methyl sites for hydroxylation is 1. The molecule has 2 aromatic rings. The summed E-state index contributed by atoms with van der Waals surface area (Å²) in [4.78, 5) is 0. The highest BCUT2D eigenvalue weighted by atomic mass is 19.4. The largest absolute Gasteiger partial charge is 0.573 e. The third kappa shape index (κ3) is 2.37. The fourth-order valence-electron chi connectivity index (χ4n) is 2.60. The van der Waals surface area contributed by atoms with Crippen molar-refractivity contribution in [3.63, 3.8) is 0 Å². The molecule has 20 heavy (non-hydrogen) atoms. The predicted molar refractivity (Wildman–Crippen MR) is 67.4 cm³/mol. The number of hydrogen-bond acceptors (Lipinski definition) is 2. The second-order valence-corrected chi connectivity index (χ2v) is 4.82. The Kier molecular flexibility index (Phi) is 2.96. The highest BCUT2D eigenvalue weighted by Crippen LogP contribution is 2.32. The Morgan fingerprint density at radius 1 is 1.30 bits per heavy atom. The Hall–Kier alpha value is -1.98. The molecule has 0 saturated carbocycles. The number of fused-ring (bicyclic) bond motifs is 1. The molecular weight excluding hydrogens is 269 g/mol. The maximum Gasteiger partial charge on any atom is 0.573 e. The summed E-state index contributed by atoms with van der Waals surface area (Å²) in [5.74, 6) is -0.220. The average Bonchev–Trinajstić information content (AvgIpc) is 2.91. The van der Waals surface area contributed by atoms with Crippen LogP contribution >= 0.6 is 0 Å². The van der Waals surface area contributed by atoms with Gasteiger partial charge in [0.25, 0.3) is 0 Å². The second kappa shape index (κ2) is 4.54. The number of nitrogens with zero attached hydrogens (tertiary/aromatic N) is 2. The van der Waals surface area contributed by atoms with Crippen LogP contribution in [0, 0.1) is 6.92 Å². The Morgan fingerprint density at radius 2 is 2.10 bits per heavy atom. The van der Waals surface area contributed by atoms with Gasteiger partial charge in [0, 0.05) is 17.8 Å². The van der Waals surface area contributed by atoms with E-state index in [2.05, 4.69) is 9.84 Å². The molecule has 0 amide bonds. The Morgan fingerprint density at radius 3 is 2.80 bits per heavy atom. The second-order valence-electron chi connectivity index (χ2n) is 4.82. The van der Waals surface area contributed by atoms with Crippen molar-refractivity contribution in [3.8, 4) is 17.0 Å². The Bertz CT molecular complexity index is 646. The van der Waals surface area contributed by atoms with Gasteiger partial charge in [0.1, 0.15) is 5.75 Å². The van der Waals surface area contributed by atoms with Crippen LogP contribution in [0.25, 0.3) is 11.3 Å². The van der Waals surface area contributed by atoms with E-state index in [4.69, 9.17) is 0 Å². The first-order chi connectivity index (χ1) is 9.44. The number of halogens is 3. The smallest absolute Gasteiger partial charge is 0.406 e. The van der Waals surface area contributed by atoms with Gasteiger partial charge in [0.15, 0.2) is 0 Å². The van der Waals surface area contributed by atoms with Crippen LogP contribution in [0.2, 0.25) is 0 Å². The van der Waals surface area contributed by atoms with E-state index in [1.54, 1.807) is 12.1 Å². The number of ether oxygens (including phenoxy) is 1. The third-order valence-corrected chi connectivity index (χ3v) is 3.44. The molecule has 0 radical (unpaired) electrons. The lowest BCUT2D eigenvalue weighted by Crippen LogP contribution is -2.17. The first kappa shape index (κ1) is 13.0. The molecule has 2 heterocycles. The standard InChI is InChI=1S/C14H13F3N2O/c1-9-12-6-3-7-19(12)18-13(9)10-4-2-5-11(8-10)20-14(15,16)17/h2,4-5,8H,3,6-7H2,1H3. The number of aromatic nitrogens is 2. The van der Waals surface area contributed by atoms with Crippen molar-refractivity contribution in [3.05, 3.63) is 35.5 Å². The van der Waals surface area contributed by atoms with Crippen molar-refractivity contribution in [1.82, 2.24) is 9.78 Å². The van der Waals surface area contributed by atoms with E-state index < -0.39 is 6.36 Å². The molecule has 106 valence electrons. The van der Waals surface area contributed by atoms with E-state index in [1.165, 1.54) is 17.8 Å². The lowest BCUT2D eigenvalue weighted by atomic mass is 10.1. The molecule has 0 spiro atoms. The molecule has 0 N–H and O–H groups in total. The predicted octanol–water partition coefficient (Wildman–Crippen LogP) is 3.70. The van der Waals surface area contributed by atoms with Crippen molar-refractivity contribution in [2.75, 3.05) is 0 Å². The van der Waals surface area contributed by atoms with Crippen molar-refractivity contribution in [1.29, 1.82) is 0 Å². The highest BCUT2D eigenvalue weighted by molar-refractivity contribution is 5.65. The maximum absolute atomic E-state index is 12.2. The van der Waals surface area contributed by atoms with Crippen LogP contribution in [0.15, 0.2) is 24.3 Å². The first-order valence-electron chi connectivity index (χ1n) is 6.36. The summed E-state index contributed by atoms with van der Waals surface area (Å²) in [6.45, 7) is 2.83. The number of alkyl halides is 3. The van der Waals surface area contributed by atoms with Crippen molar-refractivity contribution in [2.24, 2.45) is 0 Å². The normalized spacial score (nSPS) is 14.4. The summed E-state index contributed by atoms with van der Waals surface area (Å²) >= 11 is 0. The molecule has 1 aromatic heterocycles. The van der Waals surface area contributed by atoms with E-state index in [-0.39, 0.29) is 5.75 Å². The summed E-state index contributed by atoms with van der Waals surface area (Å²) in [5.41, 5.74) is 3.58. The first-order valence-corrected chi connectivity index (χ1v) is 6.36. The van der Waals surface area contributed by atoms with Crippen molar-refractivity contribution >= 4 is 0 Å². The molecule has 6 heteroatoms. The maximum atomic E-state index is 12.2. The van der Waals surface area contributed by atoms with E-state index in [0.29, 0.717) is 5.56 Å². The van der Waals surface area contributed by atoms with Gasteiger partial charge in [-0.2, -0.15) is 5.10 Å². The molecule has 3 rings (SSSR count). The topological polar surface area (TPSA) is 27.1 Å². The van der Waals surface area contributed by atoms with Gasteiger partial charge >= 0.3 is 6.36 Å². The molecule has 0 atom stereocenters. The summed E-state index contributed by atoms with van der Waals surface area (Å²) in [6, 6.07) is 5.95. The van der Waals surface area contributed by atoms with Crippen molar-refractivity contribution < 1.29 is 17.9 Å². The molecule has 3 nitrogen and oxygen atoms in total.